The highest BCUT2D eigenvalue weighted by Gasteiger charge is 2.37. The number of nitrogens with one attached hydrogen (secondary N) is 1. The molecule has 2 aromatic rings. The Labute approximate surface area is 167 Å². The average molecular weight is 379 g/mol. The van der Waals surface area contributed by atoms with Crippen LogP contribution in [0.25, 0.3) is 10.8 Å². The van der Waals surface area contributed by atoms with E-state index in [1.54, 1.807) is 0 Å². The molecule has 4 rings (SSSR count). The SMILES string of the molecule is C[C@@H]1CC[C@@H]2[C@@H](CCCN2C(=O)CCNC(=O)c2ccc3ccccc3c2)C1. The summed E-state index contributed by atoms with van der Waals surface area (Å²) in [5.41, 5.74) is 0.644. The van der Waals surface area contributed by atoms with Gasteiger partial charge in [-0.15, -0.1) is 0 Å². The molecule has 0 radical (unpaired) electrons. The van der Waals surface area contributed by atoms with Crippen LogP contribution in [0.15, 0.2) is 42.5 Å². The molecule has 0 unspecified atom stereocenters. The molecule has 3 atom stereocenters. The Bertz CT molecular complexity index is 863. The summed E-state index contributed by atoms with van der Waals surface area (Å²) >= 11 is 0. The second kappa shape index (κ2) is 8.34. The van der Waals surface area contributed by atoms with Crippen molar-refractivity contribution in [1.82, 2.24) is 10.2 Å². The van der Waals surface area contributed by atoms with Crippen LogP contribution in [-0.4, -0.2) is 35.8 Å². The summed E-state index contributed by atoms with van der Waals surface area (Å²) in [4.78, 5) is 27.4. The van der Waals surface area contributed by atoms with Crippen molar-refractivity contribution in [1.29, 1.82) is 0 Å². The number of rotatable bonds is 4. The van der Waals surface area contributed by atoms with Crippen molar-refractivity contribution < 1.29 is 9.59 Å². The van der Waals surface area contributed by atoms with Crippen LogP contribution in [0.5, 0.6) is 0 Å². The van der Waals surface area contributed by atoms with Crippen LogP contribution in [0.1, 0.15) is 55.8 Å². The summed E-state index contributed by atoms with van der Waals surface area (Å²) in [5.74, 6) is 1.55. The smallest absolute Gasteiger partial charge is 0.251 e. The number of amides is 2. The average Bonchev–Trinajstić information content (AvgIpc) is 2.72. The van der Waals surface area contributed by atoms with Crippen molar-refractivity contribution in [2.24, 2.45) is 11.8 Å². The summed E-state index contributed by atoms with van der Waals surface area (Å²) in [6.07, 6.45) is 6.39. The molecule has 1 saturated heterocycles. The van der Waals surface area contributed by atoms with Gasteiger partial charge in [0.15, 0.2) is 0 Å². The second-order valence-corrected chi connectivity index (χ2v) is 8.54. The molecule has 1 N–H and O–H groups in total. The molecular formula is C24H30N2O2. The number of nitrogens with zero attached hydrogens (tertiary/aromatic N) is 1. The predicted octanol–water partition coefficient (Wildman–Crippen LogP) is 4.39. The molecular weight excluding hydrogens is 348 g/mol. The minimum atomic E-state index is -0.110. The quantitative estimate of drug-likeness (QED) is 0.858. The maximum Gasteiger partial charge on any atom is 0.251 e. The van der Waals surface area contributed by atoms with Crippen molar-refractivity contribution >= 4 is 22.6 Å². The lowest BCUT2D eigenvalue weighted by molar-refractivity contribution is -0.137. The first-order valence-electron chi connectivity index (χ1n) is 10.7. The Hall–Kier alpha value is -2.36. The third-order valence-electron chi connectivity index (χ3n) is 6.54. The fourth-order valence-corrected chi connectivity index (χ4v) is 5.06. The largest absolute Gasteiger partial charge is 0.352 e. The number of carbonyl (C=O) groups is 2. The third-order valence-corrected chi connectivity index (χ3v) is 6.54. The molecule has 2 fully saturated rings. The van der Waals surface area contributed by atoms with Crippen LogP contribution in [0.2, 0.25) is 0 Å². The van der Waals surface area contributed by atoms with Crippen LogP contribution in [0.3, 0.4) is 0 Å². The second-order valence-electron chi connectivity index (χ2n) is 8.54. The summed E-state index contributed by atoms with van der Waals surface area (Å²) in [7, 11) is 0. The number of carbonyl (C=O) groups excluding carboxylic acids is 2. The van der Waals surface area contributed by atoms with Crippen LogP contribution in [0.4, 0.5) is 0 Å². The lowest BCUT2D eigenvalue weighted by atomic mass is 9.74. The Morgan fingerprint density at radius 1 is 1.07 bits per heavy atom. The van der Waals surface area contributed by atoms with E-state index in [1.165, 1.54) is 19.3 Å². The van der Waals surface area contributed by atoms with E-state index >= 15 is 0 Å². The molecule has 0 bridgehead atoms. The minimum Gasteiger partial charge on any atom is -0.352 e. The molecule has 148 valence electrons. The van der Waals surface area contributed by atoms with Crippen LogP contribution in [-0.2, 0) is 4.79 Å². The Morgan fingerprint density at radius 2 is 1.89 bits per heavy atom. The van der Waals surface area contributed by atoms with Gasteiger partial charge in [0, 0.05) is 31.1 Å². The van der Waals surface area contributed by atoms with Crippen LogP contribution >= 0.6 is 0 Å². The number of piperidine rings is 1. The molecule has 1 aliphatic heterocycles. The van der Waals surface area contributed by atoms with E-state index in [0.717, 1.165) is 36.1 Å². The molecule has 1 heterocycles. The fourth-order valence-electron chi connectivity index (χ4n) is 5.06. The first kappa shape index (κ1) is 19.0. The topological polar surface area (TPSA) is 49.4 Å². The van der Waals surface area contributed by atoms with Gasteiger partial charge in [0.05, 0.1) is 0 Å². The van der Waals surface area contributed by atoms with Gasteiger partial charge in [0.25, 0.3) is 5.91 Å². The van der Waals surface area contributed by atoms with Gasteiger partial charge in [-0.1, -0.05) is 37.3 Å². The molecule has 1 aliphatic carbocycles. The highest BCUT2D eigenvalue weighted by atomic mass is 16.2. The maximum atomic E-state index is 12.8. The number of likely N-dealkylation sites (tertiary alicyclic amines) is 1. The molecule has 2 amide bonds. The summed E-state index contributed by atoms with van der Waals surface area (Å²) in [6, 6.07) is 14.2. The number of hydrogen-bond acceptors (Lipinski definition) is 2. The van der Waals surface area contributed by atoms with Crippen molar-refractivity contribution in [3.8, 4) is 0 Å². The Balaban J connectivity index is 1.31. The molecule has 4 heteroatoms. The first-order valence-corrected chi connectivity index (χ1v) is 10.7. The molecule has 28 heavy (non-hydrogen) atoms. The summed E-state index contributed by atoms with van der Waals surface area (Å²) in [6.45, 7) is 3.61. The molecule has 2 aliphatic rings. The number of fused-ring (bicyclic) bond motifs is 2. The Kier molecular flexibility index (Phi) is 5.65. The van der Waals surface area contributed by atoms with Gasteiger partial charge < -0.3 is 10.2 Å². The van der Waals surface area contributed by atoms with E-state index in [9.17, 15) is 9.59 Å². The summed E-state index contributed by atoms with van der Waals surface area (Å²) in [5, 5.41) is 5.10. The van der Waals surface area contributed by atoms with Crippen LogP contribution < -0.4 is 5.32 Å². The van der Waals surface area contributed by atoms with Crippen molar-refractivity contribution in [3.63, 3.8) is 0 Å². The highest BCUT2D eigenvalue weighted by Crippen LogP contribution is 2.38. The Morgan fingerprint density at radius 3 is 2.75 bits per heavy atom. The zero-order valence-electron chi connectivity index (χ0n) is 16.7. The monoisotopic (exact) mass is 378 g/mol. The van der Waals surface area contributed by atoms with Gasteiger partial charge in [0.2, 0.25) is 5.91 Å². The normalized spacial score (nSPS) is 24.6. The van der Waals surface area contributed by atoms with Gasteiger partial charge in [0.1, 0.15) is 0 Å². The molecule has 0 aromatic heterocycles. The van der Waals surface area contributed by atoms with E-state index in [0.29, 0.717) is 30.5 Å². The molecule has 1 saturated carbocycles. The van der Waals surface area contributed by atoms with E-state index in [1.807, 2.05) is 42.5 Å². The van der Waals surface area contributed by atoms with Gasteiger partial charge in [-0.3, -0.25) is 9.59 Å². The predicted molar refractivity (Wildman–Crippen MR) is 112 cm³/mol. The lowest BCUT2D eigenvalue weighted by Gasteiger charge is -2.45. The first-order chi connectivity index (χ1) is 13.6. The van der Waals surface area contributed by atoms with Gasteiger partial charge >= 0.3 is 0 Å². The van der Waals surface area contributed by atoms with Crippen molar-refractivity contribution in [2.75, 3.05) is 13.1 Å². The van der Waals surface area contributed by atoms with Crippen molar-refractivity contribution in [3.05, 3.63) is 48.0 Å². The van der Waals surface area contributed by atoms with Gasteiger partial charge in [-0.25, -0.2) is 0 Å². The zero-order valence-corrected chi connectivity index (χ0v) is 16.7. The fraction of sp³-hybridized carbons (Fsp3) is 0.500. The maximum absolute atomic E-state index is 12.8. The van der Waals surface area contributed by atoms with E-state index in [-0.39, 0.29) is 11.8 Å². The van der Waals surface area contributed by atoms with Gasteiger partial charge in [-0.2, -0.15) is 0 Å². The van der Waals surface area contributed by atoms with Crippen molar-refractivity contribution in [2.45, 2.75) is 51.5 Å². The highest BCUT2D eigenvalue weighted by molar-refractivity contribution is 5.98. The van der Waals surface area contributed by atoms with Gasteiger partial charge in [-0.05, 0) is 66.8 Å². The van der Waals surface area contributed by atoms with E-state index in [2.05, 4.69) is 17.1 Å². The summed E-state index contributed by atoms with van der Waals surface area (Å²) < 4.78 is 0. The lowest BCUT2D eigenvalue weighted by Crippen LogP contribution is -2.51. The molecule has 2 aromatic carbocycles. The molecule has 4 nitrogen and oxygen atoms in total. The number of benzene rings is 2. The van der Waals surface area contributed by atoms with E-state index < -0.39 is 0 Å². The standard InChI is InChI=1S/C24H30N2O2/c1-17-8-11-22-20(15-17)7-4-14-26(22)23(27)12-13-25-24(28)21-10-9-18-5-2-3-6-19(18)16-21/h2-3,5-6,9-10,16-17,20,22H,4,7-8,11-15H2,1H3,(H,25,28)/t17-,20+,22-/m1/s1. The number of hydrogen-bond donors (Lipinski definition) is 1. The molecule has 0 spiro atoms. The minimum absolute atomic E-state index is 0.110. The van der Waals surface area contributed by atoms with Crippen LogP contribution in [0, 0.1) is 11.8 Å². The van der Waals surface area contributed by atoms with E-state index in [4.69, 9.17) is 0 Å². The third kappa shape index (κ3) is 4.06. The zero-order chi connectivity index (χ0) is 19.5.